The Labute approximate surface area is 105 Å². The van der Waals surface area contributed by atoms with Gasteiger partial charge in [0.15, 0.2) is 0 Å². The zero-order valence-electron chi connectivity index (χ0n) is 10.1. The van der Waals surface area contributed by atoms with Crippen molar-refractivity contribution >= 4 is 17.2 Å². The van der Waals surface area contributed by atoms with Gasteiger partial charge in [-0.1, -0.05) is 6.07 Å². The fourth-order valence-electron chi connectivity index (χ4n) is 2.14. The van der Waals surface area contributed by atoms with E-state index in [0.717, 1.165) is 4.88 Å². The summed E-state index contributed by atoms with van der Waals surface area (Å²) in [4.78, 5) is 15.0. The Hall–Kier alpha value is -0.910. The van der Waals surface area contributed by atoms with Crippen LogP contribution in [-0.4, -0.2) is 36.1 Å². The van der Waals surface area contributed by atoms with Gasteiger partial charge in [0.05, 0.1) is 12.2 Å². The van der Waals surface area contributed by atoms with Crippen LogP contribution < -0.4 is 5.73 Å². The van der Waals surface area contributed by atoms with E-state index in [-0.39, 0.29) is 18.1 Å². The predicted octanol–water partition coefficient (Wildman–Crippen LogP) is 1.38. The Balaban J connectivity index is 2.04. The molecule has 4 nitrogen and oxygen atoms in total. The molecule has 0 aliphatic carbocycles. The first-order chi connectivity index (χ1) is 8.08. The molecule has 2 rings (SSSR count). The predicted molar refractivity (Wildman–Crippen MR) is 67.8 cm³/mol. The Morgan fingerprint density at radius 1 is 1.53 bits per heavy atom. The summed E-state index contributed by atoms with van der Waals surface area (Å²) in [6.07, 6.45) is 0.163. The van der Waals surface area contributed by atoms with Crippen molar-refractivity contribution in [1.82, 2.24) is 4.90 Å². The third-order valence-corrected chi connectivity index (χ3v) is 3.80. The molecule has 0 spiro atoms. The van der Waals surface area contributed by atoms with Gasteiger partial charge in [-0.2, -0.15) is 0 Å². The summed E-state index contributed by atoms with van der Waals surface area (Å²) in [6, 6.07) is 3.28. The average molecular weight is 254 g/mol. The van der Waals surface area contributed by atoms with E-state index in [0.29, 0.717) is 13.1 Å². The van der Waals surface area contributed by atoms with Crippen LogP contribution in [0.5, 0.6) is 0 Å². The summed E-state index contributed by atoms with van der Waals surface area (Å²) < 4.78 is 5.60. The largest absolute Gasteiger partial charge is 0.372 e. The van der Waals surface area contributed by atoms with Crippen LogP contribution in [0, 0.1) is 0 Å². The number of ether oxygens (including phenoxy) is 1. The van der Waals surface area contributed by atoms with E-state index in [4.69, 9.17) is 10.5 Å². The van der Waals surface area contributed by atoms with Crippen molar-refractivity contribution in [3.8, 4) is 0 Å². The third kappa shape index (κ3) is 2.86. The van der Waals surface area contributed by atoms with Gasteiger partial charge in [0.1, 0.15) is 6.04 Å². The van der Waals surface area contributed by atoms with Gasteiger partial charge >= 0.3 is 0 Å². The lowest BCUT2D eigenvalue weighted by molar-refractivity contribution is -0.144. The molecule has 1 aliphatic heterocycles. The van der Waals surface area contributed by atoms with Crippen LogP contribution in [0.25, 0.3) is 0 Å². The van der Waals surface area contributed by atoms with Crippen LogP contribution in [0.1, 0.15) is 24.8 Å². The van der Waals surface area contributed by atoms with Gasteiger partial charge in [0, 0.05) is 18.0 Å². The normalized spacial score (nSPS) is 26.9. The van der Waals surface area contributed by atoms with Crippen molar-refractivity contribution in [2.24, 2.45) is 5.73 Å². The van der Waals surface area contributed by atoms with E-state index >= 15 is 0 Å². The molecule has 17 heavy (non-hydrogen) atoms. The lowest BCUT2D eigenvalue weighted by atomic mass is 10.1. The molecule has 0 aromatic carbocycles. The minimum atomic E-state index is -0.535. The summed E-state index contributed by atoms with van der Waals surface area (Å²) in [5.41, 5.74) is 5.98. The number of hydrogen-bond donors (Lipinski definition) is 1. The molecule has 1 unspecified atom stereocenters. The summed E-state index contributed by atoms with van der Waals surface area (Å²) in [5.74, 6) is -0.00514. The molecule has 1 saturated heterocycles. The fourth-order valence-corrected chi connectivity index (χ4v) is 2.86. The minimum absolute atomic E-state index is 0.00514. The molecular formula is C12H18N2O2S. The maximum absolute atomic E-state index is 12.2. The van der Waals surface area contributed by atoms with E-state index < -0.39 is 6.04 Å². The first kappa shape index (κ1) is 12.5. The molecule has 2 N–H and O–H groups in total. The molecule has 1 aromatic rings. The maximum atomic E-state index is 12.2. The number of nitrogens with two attached hydrogens (primary N) is 1. The van der Waals surface area contributed by atoms with Crippen LogP contribution in [0.4, 0.5) is 0 Å². The second-order valence-corrected chi connectivity index (χ2v) is 5.47. The van der Waals surface area contributed by atoms with Crippen LogP contribution in [0.15, 0.2) is 17.5 Å². The van der Waals surface area contributed by atoms with Gasteiger partial charge < -0.3 is 15.4 Å². The molecule has 5 heteroatoms. The van der Waals surface area contributed by atoms with Gasteiger partial charge in [-0.25, -0.2) is 0 Å². The molecule has 2 heterocycles. The average Bonchev–Trinajstić information content (AvgIpc) is 2.79. The van der Waals surface area contributed by atoms with Gasteiger partial charge in [-0.05, 0) is 25.3 Å². The van der Waals surface area contributed by atoms with Gasteiger partial charge in [-0.3, -0.25) is 4.79 Å². The number of thiophene rings is 1. The standard InChI is InChI=1S/C12H18N2O2S/c1-8-6-14(7-9(2)16-8)12(15)11(13)10-4-3-5-17-10/h3-5,8-9,11H,6-7,13H2,1-2H3/t8-,9+,11?. The first-order valence-electron chi connectivity index (χ1n) is 5.81. The van der Waals surface area contributed by atoms with Crippen molar-refractivity contribution in [2.45, 2.75) is 32.1 Å². The zero-order valence-corrected chi connectivity index (χ0v) is 10.9. The smallest absolute Gasteiger partial charge is 0.245 e. The number of hydrogen-bond acceptors (Lipinski definition) is 4. The lowest BCUT2D eigenvalue weighted by Gasteiger charge is -2.36. The Morgan fingerprint density at radius 2 is 2.18 bits per heavy atom. The van der Waals surface area contributed by atoms with Crippen molar-refractivity contribution in [3.63, 3.8) is 0 Å². The van der Waals surface area contributed by atoms with Gasteiger partial charge in [0.2, 0.25) is 5.91 Å². The molecule has 1 amide bonds. The van der Waals surface area contributed by atoms with Crippen LogP contribution in [0.3, 0.4) is 0 Å². The highest BCUT2D eigenvalue weighted by atomic mass is 32.1. The molecule has 1 fully saturated rings. The number of nitrogens with zero attached hydrogens (tertiary/aromatic N) is 1. The molecule has 0 bridgehead atoms. The monoisotopic (exact) mass is 254 g/mol. The van der Waals surface area contributed by atoms with E-state index in [1.165, 1.54) is 11.3 Å². The summed E-state index contributed by atoms with van der Waals surface area (Å²) in [6.45, 7) is 5.21. The number of morpholine rings is 1. The van der Waals surface area contributed by atoms with E-state index in [9.17, 15) is 4.79 Å². The summed E-state index contributed by atoms with van der Waals surface area (Å²) in [7, 11) is 0. The quantitative estimate of drug-likeness (QED) is 0.867. The molecule has 1 aliphatic rings. The van der Waals surface area contributed by atoms with E-state index in [2.05, 4.69) is 0 Å². The van der Waals surface area contributed by atoms with E-state index in [1.54, 1.807) is 0 Å². The second kappa shape index (κ2) is 5.16. The van der Waals surface area contributed by atoms with Crippen LogP contribution in [-0.2, 0) is 9.53 Å². The Kier molecular flexibility index (Phi) is 3.81. The number of carbonyl (C=O) groups excluding carboxylic acids is 1. The molecule has 0 saturated carbocycles. The van der Waals surface area contributed by atoms with Crippen molar-refractivity contribution in [2.75, 3.05) is 13.1 Å². The molecular weight excluding hydrogens is 236 g/mol. The van der Waals surface area contributed by atoms with Crippen molar-refractivity contribution in [3.05, 3.63) is 22.4 Å². The summed E-state index contributed by atoms with van der Waals surface area (Å²) >= 11 is 1.52. The number of rotatable bonds is 2. The SMILES string of the molecule is C[C@@H]1CN(C(=O)C(N)c2cccs2)C[C@H](C)O1. The third-order valence-electron chi connectivity index (χ3n) is 2.85. The maximum Gasteiger partial charge on any atom is 0.245 e. The lowest BCUT2D eigenvalue weighted by Crippen LogP contribution is -2.50. The highest BCUT2D eigenvalue weighted by Gasteiger charge is 2.29. The second-order valence-electron chi connectivity index (χ2n) is 4.49. The highest BCUT2D eigenvalue weighted by Crippen LogP contribution is 2.21. The van der Waals surface area contributed by atoms with Gasteiger partial charge in [-0.15, -0.1) is 11.3 Å². The zero-order chi connectivity index (χ0) is 12.4. The number of amides is 1. The fraction of sp³-hybridized carbons (Fsp3) is 0.583. The van der Waals surface area contributed by atoms with Crippen LogP contribution in [0.2, 0.25) is 0 Å². The van der Waals surface area contributed by atoms with Gasteiger partial charge in [0.25, 0.3) is 0 Å². The van der Waals surface area contributed by atoms with E-state index in [1.807, 2.05) is 36.3 Å². The van der Waals surface area contributed by atoms with Crippen LogP contribution >= 0.6 is 11.3 Å². The Bertz CT molecular complexity index is 370. The molecule has 94 valence electrons. The first-order valence-corrected chi connectivity index (χ1v) is 6.69. The molecule has 1 aromatic heterocycles. The topological polar surface area (TPSA) is 55.6 Å². The van der Waals surface area contributed by atoms with Crippen molar-refractivity contribution in [1.29, 1.82) is 0 Å². The number of carbonyl (C=O) groups is 1. The minimum Gasteiger partial charge on any atom is -0.372 e. The Morgan fingerprint density at radius 3 is 2.71 bits per heavy atom. The molecule has 3 atom stereocenters. The van der Waals surface area contributed by atoms with Crippen molar-refractivity contribution < 1.29 is 9.53 Å². The summed E-state index contributed by atoms with van der Waals surface area (Å²) in [5, 5.41) is 1.94. The highest BCUT2D eigenvalue weighted by molar-refractivity contribution is 7.10. The molecule has 0 radical (unpaired) electrons.